The fraction of sp³-hybridized carbons (Fsp3) is 0. The predicted octanol–water partition coefficient (Wildman–Crippen LogP) is 4.69. The van der Waals surface area contributed by atoms with Gasteiger partial charge in [0.1, 0.15) is 0 Å². The lowest BCUT2D eigenvalue weighted by molar-refractivity contribution is 0.262. The van der Waals surface area contributed by atoms with Crippen molar-refractivity contribution in [1.82, 2.24) is 4.98 Å². The predicted molar refractivity (Wildman–Crippen MR) is 78.4 cm³/mol. The highest BCUT2D eigenvalue weighted by Crippen LogP contribution is 2.25. The van der Waals surface area contributed by atoms with Crippen LogP contribution in [0.25, 0.3) is 0 Å². The Morgan fingerprint density at radius 2 is 1.84 bits per heavy atom. The largest absolute Gasteiger partial charge is 0.324 e. The molecular weight excluding hydrogens is 309 g/mol. The zero-order chi connectivity index (χ0) is 13.8. The lowest BCUT2D eigenvalue weighted by atomic mass is 10.3. The van der Waals surface area contributed by atoms with Crippen molar-refractivity contribution < 1.29 is 4.79 Å². The number of anilines is 2. The maximum Gasteiger partial charge on any atom is 0.324 e. The third-order valence-corrected chi connectivity index (χ3v) is 3.04. The SMILES string of the molecule is O=C(Nc1cc(Cl)ccc1Cl)Nc1ncccc1Cl. The standard InChI is InChI=1S/C12H8Cl3N3O/c13-7-3-4-8(14)10(6-7)17-12(19)18-11-9(15)2-1-5-16-11/h1-6H,(H2,16,17,18,19). The number of rotatable bonds is 2. The number of hydrogen-bond acceptors (Lipinski definition) is 2. The highest BCUT2D eigenvalue weighted by molar-refractivity contribution is 6.36. The van der Waals surface area contributed by atoms with Gasteiger partial charge in [-0.2, -0.15) is 0 Å². The molecule has 2 aromatic rings. The average molecular weight is 317 g/mol. The van der Waals surface area contributed by atoms with Gasteiger partial charge in [0.05, 0.1) is 15.7 Å². The van der Waals surface area contributed by atoms with Gasteiger partial charge in [0.15, 0.2) is 5.82 Å². The molecule has 0 saturated carbocycles. The van der Waals surface area contributed by atoms with E-state index in [0.29, 0.717) is 20.8 Å². The summed E-state index contributed by atoms with van der Waals surface area (Å²) in [6.45, 7) is 0. The van der Waals surface area contributed by atoms with Crippen LogP contribution in [0, 0.1) is 0 Å². The van der Waals surface area contributed by atoms with Crippen LogP contribution in [0.3, 0.4) is 0 Å². The van der Waals surface area contributed by atoms with Crippen molar-refractivity contribution in [2.45, 2.75) is 0 Å². The van der Waals surface area contributed by atoms with Crippen LogP contribution in [-0.2, 0) is 0 Å². The van der Waals surface area contributed by atoms with E-state index in [1.807, 2.05) is 0 Å². The molecule has 0 aliphatic carbocycles. The zero-order valence-electron chi connectivity index (χ0n) is 9.45. The molecule has 2 amide bonds. The van der Waals surface area contributed by atoms with Gasteiger partial charge in [-0.25, -0.2) is 9.78 Å². The molecule has 0 saturated heterocycles. The van der Waals surface area contributed by atoms with E-state index < -0.39 is 6.03 Å². The molecule has 0 aliphatic rings. The third-order valence-electron chi connectivity index (χ3n) is 2.17. The minimum atomic E-state index is -0.509. The van der Waals surface area contributed by atoms with Gasteiger partial charge in [0.25, 0.3) is 0 Å². The van der Waals surface area contributed by atoms with Crippen molar-refractivity contribution in [2.75, 3.05) is 10.6 Å². The second-order valence-corrected chi connectivity index (χ2v) is 4.79. The number of pyridine rings is 1. The number of benzene rings is 1. The van der Waals surface area contributed by atoms with Crippen molar-refractivity contribution in [2.24, 2.45) is 0 Å². The average Bonchev–Trinajstić information content (AvgIpc) is 2.37. The van der Waals surface area contributed by atoms with Crippen LogP contribution in [0.4, 0.5) is 16.3 Å². The first kappa shape index (κ1) is 13.9. The molecule has 0 fully saturated rings. The molecule has 2 N–H and O–H groups in total. The smallest absolute Gasteiger partial charge is 0.306 e. The molecule has 0 radical (unpaired) electrons. The van der Waals surface area contributed by atoms with Crippen LogP contribution in [0.2, 0.25) is 15.1 Å². The summed E-state index contributed by atoms with van der Waals surface area (Å²) in [6, 6.07) is 7.54. The molecule has 4 nitrogen and oxygen atoms in total. The summed E-state index contributed by atoms with van der Waals surface area (Å²) in [4.78, 5) is 15.7. The van der Waals surface area contributed by atoms with Gasteiger partial charge in [-0.15, -0.1) is 0 Å². The Kier molecular flexibility index (Phi) is 4.47. The summed E-state index contributed by atoms with van der Waals surface area (Å²) in [5.41, 5.74) is 0.402. The zero-order valence-corrected chi connectivity index (χ0v) is 11.7. The topological polar surface area (TPSA) is 54.0 Å². The number of nitrogens with zero attached hydrogens (tertiary/aromatic N) is 1. The maximum atomic E-state index is 11.8. The number of nitrogens with one attached hydrogen (secondary N) is 2. The van der Waals surface area contributed by atoms with Gasteiger partial charge in [-0.1, -0.05) is 34.8 Å². The first-order valence-corrected chi connectivity index (χ1v) is 6.33. The second-order valence-electron chi connectivity index (χ2n) is 3.54. The summed E-state index contributed by atoms with van der Waals surface area (Å²) in [5.74, 6) is 0.264. The highest BCUT2D eigenvalue weighted by atomic mass is 35.5. The summed E-state index contributed by atoms with van der Waals surface area (Å²) in [7, 11) is 0. The molecule has 19 heavy (non-hydrogen) atoms. The van der Waals surface area contributed by atoms with E-state index in [0.717, 1.165) is 0 Å². The molecule has 0 spiro atoms. The van der Waals surface area contributed by atoms with Gasteiger partial charge in [-0.3, -0.25) is 5.32 Å². The van der Waals surface area contributed by atoms with Crippen molar-refractivity contribution in [3.05, 3.63) is 51.6 Å². The molecule has 7 heteroatoms. The number of urea groups is 1. The van der Waals surface area contributed by atoms with Crippen LogP contribution in [0.15, 0.2) is 36.5 Å². The van der Waals surface area contributed by atoms with Crippen LogP contribution in [-0.4, -0.2) is 11.0 Å². The lowest BCUT2D eigenvalue weighted by Crippen LogP contribution is -2.20. The summed E-state index contributed by atoms with van der Waals surface area (Å²) in [6.07, 6.45) is 1.52. The van der Waals surface area contributed by atoms with E-state index in [1.165, 1.54) is 6.20 Å². The van der Waals surface area contributed by atoms with Gasteiger partial charge in [0.2, 0.25) is 0 Å². The number of carbonyl (C=O) groups is 1. The van der Waals surface area contributed by atoms with Crippen LogP contribution in [0.5, 0.6) is 0 Å². The van der Waals surface area contributed by atoms with Crippen LogP contribution in [0.1, 0.15) is 0 Å². The second kappa shape index (κ2) is 6.10. The molecule has 0 bridgehead atoms. The molecule has 0 unspecified atom stereocenters. The Bertz CT molecular complexity index is 619. The fourth-order valence-corrected chi connectivity index (χ4v) is 1.84. The van der Waals surface area contributed by atoms with Gasteiger partial charge < -0.3 is 5.32 Å². The molecule has 1 heterocycles. The molecule has 0 aliphatic heterocycles. The summed E-state index contributed by atoms with van der Waals surface area (Å²) >= 11 is 17.6. The van der Waals surface area contributed by atoms with Crippen LogP contribution >= 0.6 is 34.8 Å². The molecular formula is C12H8Cl3N3O. The van der Waals surface area contributed by atoms with E-state index in [-0.39, 0.29) is 5.82 Å². The highest BCUT2D eigenvalue weighted by Gasteiger charge is 2.09. The molecule has 1 aromatic carbocycles. The van der Waals surface area contributed by atoms with E-state index in [9.17, 15) is 4.79 Å². The van der Waals surface area contributed by atoms with Gasteiger partial charge >= 0.3 is 6.03 Å². The minimum Gasteiger partial charge on any atom is -0.306 e. The van der Waals surface area contributed by atoms with E-state index >= 15 is 0 Å². The van der Waals surface area contributed by atoms with E-state index in [2.05, 4.69) is 15.6 Å². The lowest BCUT2D eigenvalue weighted by Gasteiger charge is -2.09. The minimum absolute atomic E-state index is 0.264. The maximum absolute atomic E-state index is 11.8. The first-order valence-electron chi connectivity index (χ1n) is 5.20. The van der Waals surface area contributed by atoms with Crippen molar-refractivity contribution >= 4 is 52.3 Å². The fourth-order valence-electron chi connectivity index (χ4n) is 1.33. The van der Waals surface area contributed by atoms with Crippen LogP contribution < -0.4 is 10.6 Å². The normalized spacial score (nSPS) is 10.1. The first-order chi connectivity index (χ1) is 9.06. The number of aromatic nitrogens is 1. The van der Waals surface area contributed by atoms with Gasteiger partial charge in [0, 0.05) is 11.2 Å². The summed E-state index contributed by atoms with van der Waals surface area (Å²) in [5, 5.41) is 6.26. The Labute approximate surface area is 124 Å². The van der Waals surface area contributed by atoms with Crippen molar-refractivity contribution in [3.8, 4) is 0 Å². The van der Waals surface area contributed by atoms with E-state index in [4.69, 9.17) is 34.8 Å². The number of amides is 2. The Balaban J connectivity index is 2.10. The number of hydrogen-bond donors (Lipinski definition) is 2. The van der Waals surface area contributed by atoms with Crippen molar-refractivity contribution in [3.63, 3.8) is 0 Å². The summed E-state index contributed by atoms with van der Waals surface area (Å²) < 4.78 is 0. The number of halogens is 3. The van der Waals surface area contributed by atoms with E-state index in [1.54, 1.807) is 30.3 Å². The Morgan fingerprint density at radius 3 is 2.58 bits per heavy atom. The molecule has 2 rings (SSSR count). The van der Waals surface area contributed by atoms with Crippen molar-refractivity contribution in [1.29, 1.82) is 0 Å². The molecule has 98 valence electrons. The monoisotopic (exact) mass is 315 g/mol. The quantitative estimate of drug-likeness (QED) is 0.844. The number of carbonyl (C=O) groups excluding carboxylic acids is 1. The third kappa shape index (κ3) is 3.73. The molecule has 1 aromatic heterocycles. The molecule has 0 atom stereocenters. The van der Waals surface area contributed by atoms with Gasteiger partial charge in [-0.05, 0) is 30.3 Å². The Hall–Kier alpha value is -1.49. The Morgan fingerprint density at radius 1 is 1.05 bits per heavy atom.